The molecule has 0 atom stereocenters. The molecule has 0 aliphatic rings. The highest BCUT2D eigenvalue weighted by molar-refractivity contribution is 7.99. The van der Waals surface area contributed by atoms with Gasteiger partial charge >= 0.3 is 6.03 Å². The monoisotopic (exact) mass is 317 g/mol. The number of pyridine rings is 1. The minimum absolute atomic E-state index is 0.118. The van der Waals surface area contributed by atoms with Gasteiger partial charge in [0.2, 0.25) is 5.91 Å². The number of carbonyl (C=O) groups excluding carboxylic acids is 2. The Balaban J connectivity index is 1.77. The van der Waals surface area contributed by atoms with Gasteiger partial charge in [-0.1, -0.05) is 17.8 Å². The molecule has 0 radical (unpaired) electrons. The molecule has 2 N–H and O–H groups in total. The van der Waals surface area contributed by atoms with Crippen molar-refractivity contribution in [2.24, 2.45) is 0 Å². The second-order valence-electron chi connectivity index (χ2n) is 4.19. The summed E-state index contributed by atoms with van der Waals surface area (Å²) in [6.45, 7) is 0. The molecule has 0 aliphatic carbocycles. The van der Waals surface area contributed by atoms with Crippen LogP contribution in [0.25, 0.3) is 0 Å². The van der Waals surface area contributed by atoms with Crippen molar-refractivity contribution in [3.8, 4) is 5.75 Å². The Morgan fingerprint density at radius 1 is 1.18 bits per heavy atom. The first kappa shape index (κ1) is 15.8. The minimum atomic E-state index is -0.572. The molecule has 0 aliphatic heterocycles. The number of ether oxygens (including phenoxy) is 1. The van der Waals surface area contributed by atoms with Crippen LogP contribution < -0.4 is 15.4 Å². The topological polar surface area (TPSA) is 80.3 Å². The number of thioether (sulfide) groups is 1. The largest absolute Gasteiger partial charge is 0.497 e. The average molecular weight is 317 g/mol. The van der Waals surface area contributed by atoms with Crippen LogP contribution in [0.3, 0.4) is 0 Å². The van der Waals surface area contributed by atoms with Crippen molar-refractivity contribution in [3.63, 3.8) is 0 Å². The molecule has 22 heavy (non-hydrogen) atoms. The number of nitrogens with zero attached hydrogens (tertiary/aromatic N) is 1. The lowest BCUT2D eigenvalue weighted by Gasteiger charge is -2.07. The Bertz CT molecular complexity index is 632. The van der Waals surface area contributed by atoms with Gasteiger partial charge in [-0.2, -0.15) is 0 Å². The van der Waals surface area contributed by atoms with E-state index in [1.807, 2.05) is 6.07 Å². The summed E-state index contributed by atoms with van der Waals surface area (Å²) in [6.07, 6.45) is 1.65. The van der Waals surface area contributed by atoms with E-state index in [2.05, 4.69) is 15.6 Å². The zero-order chi connectivity index (χ0) is 15.8. The maximum Gasteiger partial charge on any atom is 0.325 e. The molecular formula is C15H15N3O3S. The van der Waals surface area contributed by atoms with Crippen LogP contribution in [0.4, 0.5) is 10.5 Å². The number of rotatable bonds is 5. The third-order valence-electron chi connectivity index (χ3n) is 2.59. The third-order valence-corrected chi connectivity index (χ3v) is 3.53. The van der Waals surface area contributed by atoms with Gasteiger partial charge in [0.15, 0.2) is 0 Å². The summed E-state index contributed by atoms with van der Waals surface area (Å²) >= 11 is 1.26. The second kappa shape index (κ2) is 8.04. The van der Waals surface area contributed by atoms with E-state index in [1.165, 1.54) is 11.8 Å². The molecule has 0 saturated heterocycles. The molecule has 2 rings (SSSR count). The summed E-state index contributed by atoms with van der Waals surface area (Å²) < 4.78 is 5.02. The van der Waals surface area contributed by atoms with Crippen molar-refractivity contribution >= 4 is 29.4 Å². The van der Waals surface area contributed by atoms with Gasteiger partial charge in [-0.3, -0.25) is 10.1 Å². The lowest BCUT2D eigenvalue weighted by Crippen LogP contribution is -2.35. The van der Waals surface area contributed by atoms with Gasteiger partial charge in [-0.15, -0.1) is 0 Å². The number of hydrogen-bond acceptors (Lipinski definition) is 5. The fourth-order valence-electron chi connectivity index (χ4n) is 1.57. The second-order valence-corrected chi connectivity index (χ2v) is 5.18. The molecule has 0 bridgehead atoms. The zero-order valence-electron chi connectivity index (χ0n) is 11.9. The Morgan fingerprint density at radius 2 is 1.95 bits per heavy atom. The number of hydrogen-bond donors (Lipinski definition) is 2. The fourth-order valence-corrected chi connectivity index (χ4v) is 2.23. The summed E-state index contributed by atoms with van der Waals surface area (Å²) in [7, 11) is 1.56. The predicted octanol–water partition coefficient (Wildman–Crippen LogP) is 2.53. The number of methoxy groups -OCH3 is 1. The minimum Gasteiger partial charge on any atom is -0.497 e. The Morgan fingerprint density at radius 3 is 2.59 bits per heavy atom. The number of nitrogens with one attached hydrogen (secondary N) is 2. The quantitative estimate of drug-likeness (QED) is 0.828. The summed E-state index contributed by atoms with van der Waals surface area (Å²) in [4.78, 5) is 27.5. The van der Waals surface area contributed by atoms with E-state index in [-0.39, 0.29) is 11.7 Å². The maximum atomic E-state index is 11.7. The molecule has 0 unspecified atom stereocenters. The Labute approximate surface area is 132 Å². The highest BCUT2D eigenvalue weighted by Gasteiger charge is 2.09. The van der Waals surface area contributed by atoms with Crippen LogP contribution in [0.15, 0.2) is 53.7 Å². The summed E-state index contributed by atoms with van der Waals surface area (Å²) in [6, 6.07) is 11.7. The van der Waals surface area contributed by atoms with E-state index >= 15 is 0 Å². The van der Waals surface area contributed by atoms with Gasteiger partial charge in [0.05, 0.1) is 17.9 Å². The van der Waals surface area contributed by atoms with Crippen LogP contribution >= 0.6 is 11.8 Å². The van der Waals surface area contributed by atoms with Gasteiger partial charge in [0.1, 0.15) is 5.75 Å². The van der Waals surface area contributed by atoms with Crippen LogP contribution in [-0.2, 0) is 4.79 Å². The fraction of sp³-hybridized carbons (Fsp3) is 0.133. The van der Waals surface area contributed by atoms with E-state index in [1.54, 1.807) is 49.7 Å². The van der Waals surface area contributed by atoms with Crippen molar-refractivity contribution in [2.45, 2.75) is 5.03 Å². The molecule has 0 saturated carbocycles. The molecular weight excluding hydrogens is 302 g/mol. The average Bonchev–Trinajstić information content (AvgIpc) is 2.54. The zero-order valence-corrected chi connectivity index (χ0v) is 12.7. The molecule has 7 heteroatoms. The molecule has 1 heterocycles. The van der Waals surface area contributed by atoms with E-state index in [0.717, 1.165) is 5.03 Å². The molecule has 6 nitrogen and oxygen atoms in total. The van der Waals surface area contributed by atoms with Crippen LogP contribution in [0.2, 0.25) is 0 Å². The van der Waals surface area contributed by atoms with E-state index in [4.69, 9.17) is 4.74 Å². The van der Waals surface area contributed by atoms with Crippen LogP contribution in [0, 0.1) is 0 Å². The number of imide groups is 1. The normalized spacial score (nSPS) is 9.86. The van der Waals surface area contributed by atoms with E-state index < -0.39 is 6.03 Å². The standard InChI is InChI=1S/C15H15N3O3S/c1-21-12-7-5-11(6-8-12)17-15(20)18-13(19)10-22-14-4-2-3-9-16-14/h2-9H,10H2,1H3,(H2,17,18,19,20). The predicted molar refractivity (Wildman–Crippen MR) is 85.1 cm³/mol. The smallest absolute Gasteiger partial charge is 0.325 e. The number of aromatic nitrogens is 1. The van der Waals surface area contributed by atoms with Crippen LogP contribution in [0.5, 0.6) is 5.75 Å². The number of carbonyl (C=O) groups is 2. The highest BCUT2D eigenvalue weighted by atomic mass is 32.2. The number of benzene rings is 1. The number of anilines is 1. The number of amides is 3. The van der Waals surface area contributed by atoms with Gasteiger partial charge in [0, 0.05) is 11.9 Å². The van der Waals surface area contributed by atoms with Crippen molar-refractivity contribution in [1.82, 2.24) is 10.3 Å². The number of urea groups is 1. The van der Waals surface area contributed by atoms with Crippen molar-refractivity contribution in [2.75, 3.05) is 18.2 Å². The molecule has 114 valence electrons. The molecule has 0 fully saturated rings. The van der Waals surface area contributed by atoms with Crippen molar-refractivity contribution in [3.05, 3.63) is 48.7 Å². The third kappa shape index (κ3) is 5.10. The molecule has 3 amide bonds. The Kier molecular flexibility index (Phi) is 5.79. The highest BCUT2D eigenvalue weighted by Crippen LogP contribution is 2.15. The van der Waals surface area contributed by atoms with E-state index in [9.17, 15) is 9.59 Å². The maximum absolute atomic E-state index is 11.7. The van der Waals surface area contributed by atoms with Crippen LogP contribution in [-0.4, -0.2) is 29.8 Å². The van der Waals surface area contributed by atoms with Gasteiger partial charge in [-0.05, 0) is 36.4 Å². The van der Waals surface area contributed by atoms with Gasteiger partial charge in [-0.25, -0.2) is 9.78 Å². The summed E-state index contributed by atoms with van der Waals surface area (Å²) in [5, 5.41) is 5.56. The molecule has 1 aromatic heterocycles. The summed E-state index contributed by atoms with van der Waals surface area (Å²) in [5.41, 5.74) is 0.573. The van der Waals surface area contributed by atoms with Gasteiger partial charge < -0.3 is 10.1 Å². The first-order valence-corrected chi connectivity index (χ1v) is 7.44. The first-order chi connectivity index (χ1) is 10.7. The van der Waals surface area contributed by atoms with E-state index in [0.29, 0.717) is 11.4 Å². The lowest BCUT2D eigenvalue weighted by atomic mass is 10.3. The molecule has 1 aromatic carbocycles. The van der Waals surface area contributed by atoms with Gasteiger partial charge in [0.25, 0.3) is 0 Å². The first-order valence-electron chi connectivity index (χ1n) is 6.46. The Hall–Kier alpha value is -2.54. The molecule has 2 aromatic rings. The molecule has 0 spiro atoms. The van der Waals surface area contributed by atoms with Crippen molar-refractivity contribution in [1.29, 1.82) is 0 Å². The SMILES string of the molecule is COc1ccc(NC(=O)NC(=O)CSc2ccccn2)cc1. The van der Waals surface area contributed by atoms with Crippen LogP contribution in [0.1, 0.15) is 0 Å². The van der Waals surface area contributed by atoms with Crippen molar-refractivity contribution < 1.29 is 14.3 Å². The lowest BCUT2D eigenvalue weighted by molar-refractivity contribution is -0.117. The summed E-state index contributed by atoms with van der Waals surface area (Å²) in [5.74, 6) is 0.419.